The summed E-state index contributed by atoms with van der Waals surface area (Å²) in [4.78, 5) is 7.99. The number of rotatable bonds is 5. The van der Waals surface area contributed by atoms with Gasteiger partial charge in [-0.15, -0.1) is 11.8 Å². The van der Waals surface area contributed by atoms with Crippen LogP contribution in [0.15, 0.2) is 11.4 Å². The first-order valence-electron chi connectivity index (χ1n) is 4.39. The highest BCUT2D eigenvalue weighted by Gasteiger charge is 2.09. The molecule has 1 unspecified atom stereocenters. The van der Waals surface area contributed by atoms with E-state index in [0.717, 1.165) is 10.6 Å². The van der Waals surface area contributed by atoms with Crippen molar-refractivity contribution in [1.29, 1.82) is 0 Å². The Labute approximate surface area is 91.9 Å². The van der Waals surface area contributed by atoms with Gasteiger partial charge in [-0.05, 0) is 6.92 Å². The molecule has 1 atom stereocenters. The van der Waals surface area contributed by atoms with Crippen molar-refractivity contribution in [2.24, 2.45) is 5.84 Å². The fourth-order valence-corrected chi connectivity index (χ4v) is 1.84. The van der Waals surface area contributed by atoms with Gasteiger partial charge in [-0.1, -0.05) is 0 Å². The lowest BCUT2D eigenvalue weighted by molar-refractivity contribution is 0.113. The Kier molecular flexibility index (Phi) is 4.76. The molecule has 0 aromatic carbocycles. The van der Waals surface area contributed by atoms with Gasteiger partial charge in [-0.2, -0.15) is 0 Å². The number of nitrogen functional groups attached to an aromatic ring is 1. The van der Waals surface area contributed by atoms with Crippen molar-refractivity contribution in [2.45, 2.75) is 18.1 Å². The third-order valence-electron chi connectivity index (χ3n) is 1.80. The summed E-state index contributed by atoms with van der Waals surface area (Å²) in [6, 6.07) is 0. The molecule has 0 aliphatic heterocycles. The van der Waals surface area contributed by atoms with Crippen LogP contribution in [-0.2, 0) is 0 Å². The van der Waals surface area contributed by atoms with E-state index in [9.17, 15) is 5.11 Å². The molecule has 0 fully saturated rings. The first-order valence-corrected chi connectivity index (χ1v) is 5.37. The average molecular weight is 230 g/mol. The monoisotopic (exact) mass is 230 g/mol. The maximum atomic E-state index is 9.18. The van der Waals surface area contributed by atoms with E-state index in [0.29, 0.717) is 11.6 Å². The molecular weight excluding hydrogens is 216 g/mol. The Morgan fingerprint density at radius 3 is 2.93 bits per heavy atom. The quantitative estimate of drug-likeness (QED) is 0.234. The maximum absolute atomic E-state index is 9.18. The molecule has 7 heteroatoms. The summed E-state index contributed by atoms with van der Waals surface area (Å²) in [5.41, 5.74) is 3.29. The molecule has 0 aliphatic carbocycles. The van der Waals surface area contributed by atoms with Crippen LogP contribution in [0.3, 0.4) is 0 Å². The third-order valence-corrected chi connectivity index (χ3v) is 3.03. The molecule has 1 aromatic rings. The number of hydrogen-bond donors (Lipinski definition) is 4. The van der Waals surface area contributed by atoms with Crippen LogP contribution in [0, 0.1) is 6.92 Å². The van der Waals surface area contributed by atoms with Gasteiger partial charge in [0.15, 0.2) is 0 Å². The lowest BCUT2D eigenvalue weighted by Crippen LogP contribution is -2.15. The van der Waals surface area contributed by atoms with Crippen molar-refractivity contribution in [1.82, 2.24) is 9.97 Å². The SMILES string of the molecule is Cc1c(NN)ncnc1SCC(O)CO. The minimum atomic E-state index is -0.737. The number of anilines is 1. The molecule has 0 saturated carbocycles. The van der Waals surface area contributed by atoms with E-state index < -0.39 is 6.10 Å². The third kappa shape index (κ3) is 3.31. The van der Waals surface area contributed by atoms with Crippen LogP contribution in [0.2, 0.25) is 0 Å². The van der Waals surface area contributed by atoms with Crippen molar-refractivity contribution >= 4 is 17.6 Å². The fourth-order valence-electron chi connectivity index (χ4n) is 0.953. The zero-order chi connectivity index (χ0) is 11.3. The number of aromatic nitrogens is 2. The molecule has 84 valence electrons. The summed E-state index contributed by atoms with van der Waals surface area (Å²) in [6.07, 6.45) is 0.661. The Bertz CT molecular complexity index is 324. The smallest absolute Gasteiger partial charge is 0.147 e. The molecule has 1 heterocycles. The number of nitrogens with zero attached hydrogens (tertiary/aromatic N) is 2. The van der Waals surface area contributed by atoms with Gasteiger partial charge in [0.2, 0.25) is 0 Å². The lowest BCUT2D eigenvalue weighted by atomic mass is 10.3. The van der Waals surface area contributed by atoms with Crippen molar-refractivity contribution in [3.63, 3.8) is 0 Å². The highest BCUT2D eigenvalue weighted by molar-refractivity contribution is 7.99. The van der Waals surface area contributed by atoms with Crippen LogP contribution in [0.1, 0.15) is 5.56 Å². The molecule has 0 amide bonds. The number of hydrazine groups is 1. The minimum Gasteiger partial charge on any atom is -0.394 e. The van der Waals surface area contributed by atoms with E-state index in [4.69, 9.17) is 10.9 Å². The molecule has 0 bridgehead atoms. The second kappa shape index (κ2) is 5.86. The number of nitrogens with one attached hydrogen (secondary N) is 1. The summed E-state index contributed by atoms with van der Waals surface area (Å²) in [5.74, 6) is 6.21. The minimum absolute atomic E-state index is 0.251. The van der Waals surface area contributed by atoms with E-state index in [-0.39, 0.29) is 6.61 Å². The normalized spacial score (nSPS) is 12.5. The molecule has 5 N–H and O–H groups in total. The second-order valence-electron chi connectivity index (χ2n) is 2.94. The summed E-state index contributed by atoms with van der Waals surface area (Å²) in [5, 5.41) is 18.6. The molecule has 1 rings (SSSR count). The Balaban J connectivity index is 2.68. The highest BCUT2D eigenvalue weighted by Crippen LogP contribution is 2.23. The Morgan fingerprint density at radius 1 is 1.60 bits per heavy atom. The fraction of sp³-hybridized carbons (Fsp3) is 0.500. The van der Waals surface area contributed by atoms with E-state index in [2.05, 4.69) is 15.4 Å². The van der Waals surface area contributed by atoms with Crippen LogP contribution >= 0.6 is 11.8 Å². The summed E-state index contributed by atoms with van der Waals surface area (Å²) in [6.45, 7) is 1.59. The van der Waals surface area contributed by atoms with Crippen LogP contribution in [-0.4, -0.2) is 38.6 Å². The number of aliphatic hydroxyl groups excluding tert-OH is 2. The lowest BCUT2D eigenvalue weighted by Gasteiger charge is -2.09. The second-order valence-corrected chi connectivity index (χ2v) is 3.95. The van der Waals surface area contributed by atoms with Gasteiger partial charge in [-0.3, -0.25) is 0 Å². The largest absolute Gasteiger partial charge is 0.394 e. The predicted molar refractivity (Wildman–Crippen MR) is 58.4 cm³/mol. The zero-order valence-electron chi connectivity index (χ0n) is 8.34. The molecule has 0 radical (unpaired) electrons. The summed E-state index contributed by atoms with van der Waals surface area (Å²) >= 11 is 1.35. The van der Waals surface area contributed by atoms with E-state index in [1.807, 2.05) is 6.92 Å². The molecule has 0 saturated heterocycles. The molecule has 6 nitrogen and oxygen atoms in total. The molecule has 15 heavy (non-hydrogen) atoms. The summed E-state index contributed by atoms with van der Waals surface area (Å²) < 4.78 is 0. The van der Waals surface area contributed by atoms with Crippen LogP contribution < -0.4 is 11.3 Å². The number of aliphatic hydroxyl groups is 2. The molecule has 0 spiro atoms. The van der Waals surface area contributed by atoms with Gasteiger partial charge in [-0.25, -0.2) is 15.8 Å². The van der Waals surface area contributed by atoms with Crippen LogP contribution in [0.5, 0.6) is 0 Å². The summed E-state index contributed by atoms with van der Waals surface area (Å²) in [7, 11) is 0. The van der Waals surface area contributed by atoms with Gasteiger partial charge < -0.3 is 15.6 Å². The van der Waals surface area contributed by atoms with Crippen molar-refractivity contribution in [3.8, 4) is 0 Å². The van der Waals surface area contributed by atoms with Crippen molar-refractivity contribution in [3.05, 3.63) is 11.9 Å². The molecular formula is C8H14N4O2S. The van der Waals surface area contributed by atoms with Gasteiger partial charge in [0.1, 0.15) is 17.2 Å². The first kappa shape index (κ1) is 12.2. The number of hydrogen-bond acceptors (Lipinski definition) is 7. The Morgan fingerprint density at radius 2 is 2.33 bits per heavy atom. The zero-order valence-corrected chi connectivity index (χ0v) is 9.16. The molecule has 0 aliphatic rings. The Hall–Kier alpha value is -0.890. The number of thioether (sulfide) groups is 1. The van der Waals surface area contributed by atoms with Gasteiger partial charge in [0, 0.05) is 11.3 Å². The van der Waals surface area contributed by atoms with E-state index in [1.165, 1.54) is 18.1 Å². The van der Waals surface area contributed by atoms with Crippen molar-refractivity contribution < 1.29 is 10.2 Å². The predicted octanol–water partition coefficient (Wildman–Crippen LogP) is -0.484. The van der Waals surface area contributed by atoms with Gasteiger partial charge >= 0.3 is 0 Å². The highest BCUT2D eigenvalue weighted by atomic mass is 32.2. The van der Waals surface area contributed by atoms with Gasteiger partial charge in [0.05, 0.1) is 12.7 Å². The molecule has 1 aromatic heterocycles. The van der Waals surface area contributed by atoms with Crippen molar-refractivity contribution in [2.75, 3.05) is 17.8 Å². The average Bonchev–Trinajstić information content (AvgIpc) is 2.27. The van der Waals surface area contributed by atoms with E-state index in [1.54, 1.807) is 0 Å². The van der Waals surface area contributed by atoms with Crippen LogP contribution in [0.4, 0.5) is 5.82 Å². The maximum Gasteiger partial charge on any atom is 0.147 e. The number of nitrogens with two attached hydrogens (primary N) is 1. The standard InChI is InChI=1S/C8H14N4O2S/c1-5-7(12-9)10-4-11-8(5)15-3-6(14)2-13/h4,6,13-14H,2-3,9H2,1H3,(H,10,11,12). The van der Waals surface area contributed by atoms with Crippen LogP contribution in [0.25, 0.3) is 0 Å². The topological polar surface area (TPSA) is 104 Å². The first-order chi connectivity index (χ1) is 7.19. The van der Waals surface area contributed by atoms with E-state index >= 15 is 0 Å². The van der Waals surface area contributed by atoms with Gasteiger partial charge in [0.25, 0.3) is 0 Å².